The lowest BCUT2D eigenvalue weighted by atomic mass is 10.2. The molecular formula is C13H15FN2O2. The first-order valence-electron chi connectivity index (χ1n) is 5.84. The van der Waals surface area contributed by atoms with Crippen LogP contribution in [-0.2, 0) is 4.74 Å². The summed E-state index contributed by atoms with van der Waals surface area (Å²) in [6.07, 6.45) is 2.37. The van der Waals surface area contributed by atoms with Crippen LogP contribution < -0.4 is 5.32 Å². The van der Waals surface area contributed by atoms with Crippen LogP contribution in [0.3, 0.4) is 0 Å². The summed E-state index contributed by atoms with van der Waals surface area (Å²) in [6.45, 7) is 0.673. The third-order valence-corrected chi connectivity index (χ3v) is 2.71. The van der Waals surface area contributed by atoms with Gasteiger partial charge in [-0.05, 0) is 43.0 Å². The first kappa shape index (κ1) is 12.5. The number of hydrogen-bond acceptors (Lipinski definition) is 3. The standard InChI is InChI=1S/C13H15FN2O2/c1-18-13(15-8-9-2-3-9)16-12(17)10-4-6-11(14)7-5-10/h4-7,9H,2-3,8H2,1H3,(H,15,16,17). The lowest BCUT2D eigenvalue weighted by Gasteiger charge is -2.07. The highest BCUT2D eigenvalue weighted by Crippen LogP contribution is 2.28. The van der Waals surface area contributed by atoms with E-state index in [1.807, 2.05) is 0 Å². The molecule has 1 aromatic rings. The molecule has 1 saturated carbocycles. The number of nitrogens with one attached hydrogen (secondary N) is 1. The van der Waals surface area contributed by atoms with E-state index < -0.39 is 0 Å². The molecule has 0 atom stereocenters. The normalized spacial score (nSPS) is 15.3. The maximum absolute atomic E-state index is 12.7. The van der Waals surface area contributed by atoms with Crippen LogP contribution in [0, 0.1) is 11.7 Å². The van der Waals surface area contributed by atoms with Crippen molar-refractivity contribution in [1.82, 2.24) is 5.32 Å². The monoisotopic (exact) mass is 250 g/mol. The van der Waals surface area contributed by atoms with E-state index in [1.54, 1.807) is 0 Å². The molecule has 1 aliphatic rings. The number of carbonyl (C=O) groups excluding carboxylic acids is 1. The topological polar surface area (TPSA) is 50.7 Å². The summed E-state index contributed by atoms with van der Waals surface area (Å²) in [7, 11) is 1.46. The number of halogens is 1. The second-order valence-corrected chi connectivity index (χ2v) is 4.25. The van der Waals surface area contributed by atoms with Crippen LogP contribution in [0.25, 0.3) is 0 Å². The summed E-state index contributed by atoms with van der Waals surface area (Å²) in [6, 6.07) is 5.51. The first-order chi connectivity index (χ1) is 8.69. The summed E-state index contributed by atoms with van der Waals surface area (Å²) in [5.41, 5.74) is 0.368. The molecule has 1 amide bonds. The average molecular weight is 250 g/mol. The summed E-state index contributed by atoms with van der Waals surface area (Å²) in [5, 5.41) is 2.55. The van der Waals surface area contributed by atoms with E-state index in [4.69, 9.17) is 4.74 Å². The molecule has 96 valence electrons. The molecule has 18 heavy (non-hydrogen) atoms. The Morgan fingerprint density at radius 1 is 1.44 bits per heavy atom. The van der Waals surface area contributed by atoms with Gasteiger partial charge in [0.15, 0.2) is 0 Å². The number of hydrogen-bond donors (Lipinski definition) is 1. The van der Waals surface area contributed by atoms with Crippen molar-refractivity contribution in [3.8, 4) is 0 Å². The van der Waals surface area contributed by atoms with Crippen LogP contribution in [0.4, 0.5) is 4.39 Å². The van der Waals surface area contributed by atoms with Gasteiger partial charge in [0.2, 0.25) is 0 Å². The SMILES string of the molecule is COC(=NCC1CC1)NC(=O)c1ccc(F)cc1. The number of amides is 1. The van der Waals surface area contributed by atoms with E-state index in [0.29, 0.717) is 18.0 Å². The number of ether oxygens (including phenoxy) is 1. The fraction of sp³-hybridized carbons (Fsp3) is 0.385. The van der Waals surface area contributed by atoms with E-state index in [0.717, 1.165) is 0 Å². The molecule has 1 aromatic carbocycles. The second kappa shape index (κ2) is 5.62. The van der Waals surface area contributed by atoms with Crippen LogP contribution in [0.1, 0.15) is 23.2 Å². The molecule has 0 aliphatic heterocycles. The van der Waals surface area contributed by atoms with Crippen LogP contribution in [-0.4, -0.2) is 25.6 Å². The van der Waals surface area contributed by atoms with E-state index in [9.17, 15) is 9.18 Å². The van der Waals surface area contributed by atoms with Gasteiger partial charge in [-0.25, -0.2) is 9.38 Å². The van der Waals surface area contributed by atoms with Crippen LogP contribution in [0.15, 0.2) is 29.3 Å². The van der Waals surface area contributed by atoms with Gasteiger partial charge in [-0.15, -0.1) is 0 Å². The lowest BCUT2D eigenvalue weighted by molar-refractivity contribution is 0.0968. The molecule has 1 fully saturated rings. The van der Waals surface area contributed by atoms with Crippen molar-refractivity contribution in [2.45, 2.75) is 12.8 Å². The predicted octanol–water partition coefficient (Wildman–Crippen LogP) is 1.97. The molecular weight excluding hydrogens is 235 g/mol. The highest BCUT2D eigenvalue weighted by molar-refractivity contribution is 6.04. The molecule has 0 radical (unpaired) electrons. The summed E-state index contributed by atoms with van der Waals surface area (Å²) in [5.74, 6) is -0.106. The van der Waals surface area contributed by atoms with Crippen LogP contribution in [0.5, 0.6) is 0 Å². The van der Waals surface area contributed by atoms with Gasteiger partial charge in [-0.1, -0.05) is 0 Å². The molecule has 0 aromatic heterocycles. The van der Waals surface area contributed by atoms with Crippen molar-refractivity contribution in [3.05, 3.63) is 35.6 Å². The number of methoxy groups -OCH3 is 1. The summed E-state index contributed by atoms with van der Waals surface area (Å²) in [4.78, 5) is 16.0. The van der Waals surface area contributed by atoms with Crippen molar-refractivity contribution in [3.63, 3.8) is 0 Å². The zero-order chi connectivity index (χ0) is 13.0. The number of carbonyl (C=O) groups is 1. The number of amidine groups is 1. The zero-order valence-corrected chi connectivity index (χ0v) is 10.1. The van der Waals surface area contributed by atoms with E-state index >= 15 is 0 Å². The van der Waals surface area contributed by atoms with Crippen LogP contribution in [0.2, 0.25) is 0 Å². The van der Waals surface area contributed by atoms with E-state index in [2.05, 4.69) is 10.3 Å². The molecule has 1 N–H and O–H groups in total. The van der Waals surface area contributed by atoms with Gasteiger partial charge < -0.3 is 4.74 Å². The van der Waals surface area contributed by atoms with E-state index in [1.165, 1.54) is 44.2 Å². The quantitative estimate of drug-likeness (QED) is 0.658. The third kappa shape index (κ3) is 3.55. The summed E-state index contributed by atoms with van der Waals surface area (Å²) < 4.78 is 17.7. The maximum Gasteiger partial charge on any atom is 0.291 e. The van der Waals surface area contributed by atoms with Gasteiger partial charge in [-0.3, -0.25) is 10.1 Å². The molecule has 0 bridgehead atoms. The Balaban J connectivity index is 1.95. The Hall–Kier alpha value is -1.91. The fourth-order valence-corrected chi connectivity index (χ4v) is 1.44. The van der Waals surface area contributed by atoms with Crippen molar-refractivity contribution in [2.75, 3.05) is 13.7 Å². The number of nitrogens with zero attached hydrogens (tertiary/aromatic N) is 1. The Morgan fingerprint density at radius 3 is 2.67 bits per heavy atom. The number of aliphatic imine (C=N–C) groups is 1. The van der Waals surface area contributed by atoms with Crippen molar-refractivity contribution in [1.29, 1.82) is 0 Å². The Labute approximate surface area is 105 Å². The van der Waals surface area contributed by atoms with Crippen molar-refractivity contribution < 1.29 is 13.9 Å². The molecule has 1 aliphatic carbocycles. The molecule has 2 rings (SSSR count). The van der Waals surface area contributed by atoms with Crippen LogP contribution >= 0.6 is 0 Å². The molecule has 5 heteroatoms. The highest BCUT2D eigenvalue weighted by atomic mass is 19.1. The fourth-order valence-electron chi connectivity index (χ4n) is 1.44. The molecule has 0 heterocycles. The van der Waals surface area contributed by atoms with Gasteiger partial charge >= 0.3 is 0 Å². The first-order valence-corrected chi connectivity index (χ1v) is 5.84. The van der Waals surface area contributed by atoms with Gasteiger partial charge in [0.25, 0.3) is 11.9 Å². The van der Waals surface area contributed by atoms with E-state index in [-0.39, 0.29) is 17.7 Å². The Bertz CT molecular complexity index is 453. The predicted molar refractivity (Wildman–Crippen MR) is 65.9 cm³/mol. The molecule has 0 unspecified atom stereocenters. The highest BCUT2D eigenvalue weighted by Gasteiger charge is 2.21. The number of benzene rings is 1. The molecule has 0 spiro atoms. The minimum absolute atomic E-state index is 0.205. The van der Waals surface area contributed by atoms with Gasteiger partial charge in [-0.2, -0.15) is 0 Å². The minimum atomic E-state index is -0.374. The zero-order valence-electron chi connectivity index (χ0n) is 10.1. The molecule has 0 saturated heterocycles. The van der Waals surface area contributed by atoms with Gasteiger partial charge in [0, 0.05) is 12.1 Å². The third-order valence-electron chi connectivity index (χ3n) is 2.71. The second-order valence-electron chi connectivity index (χ2n) is 4.25. The van der Waals surface area contributed by atoms with Gasteiger partial charge in [0.1, 0.15) is 5.82 Å². The Kier molecular flexibility index (Phi) is 3.92. The summed E-state index contributed by atoms with van der Waals surface area (Å²) >= 11 is 0. The van der Waals surface area contributed by atoms with Crippen molar-refractivity contribution in [2.24, 2.45) is 10.9 Å². The lowest BCUT2D eigenvalue weighted by Crippen LogP contribution is -2.32. The van der Waals surface area contributed by atoms with Crippen molar-refractivity contribution >= 4 is 11.9 Å². The average Bonchev–Trinajstić information content (AvgIpc) is 3.19. The maximum atomic E-state index is 12.7. The smallest absolute Gasteiger partial charge is 0.291 e. The largest absolute Gasteiger partial charge is 0.468 e. The minimum Gasteiger partial charge on any atom is -0.468 e. The number of rotatable bonds is 3. The molecule has 4 nitrogen and oxygen atoms in total. The van der Waals surface area contributed by atoms with Gasteiger partial charge in [0.05, 0.1) is 7.11 Å². The Morgan fingerprint density at radius 2 is 2.11 bits per heavy atom.